The van der Waals surface area contributed by atoms with E-state index >= 15 is 0 Å². The van der Waals surface area contributed by atoms with E-state index in [0.717, 1.165) is 18.2 Å². The summed E-state index contributed by atoms with van der Waals surface area (Å²) in [7, 11) is 0. The molecule has 1 aliphatic heterocycles. The Kier molecular flexibility index (Phi) is 4.27. The van der Waals surface area contributed by atoms with Crippen LogP contribution in [0.15, 0.2) is 48.5 Å². The SMILES string of the molecule is Fc1ccc(C(c2ccccc2)[C@@H]2CNCCO2)c(F)c1. The van der Waals surface area contributed by atoms with E-state index in [1.807, 2.05) is 30.3 Å². The minimum absolute atomic E-state index is 0.166. The van der Waals surface area contributed by atoms with Gasteiger partial charge in [0.1, 0.15) is 11.6 Å². The zero-order valence-electron chi connectivity index (χ0n) is 11.6. The molecule has 1 fully saturated rings. The van der Waals surface area contributed by atoms with E-state index in [1.165, 1.54) is 12.1 Å². The highest BCUT2D eigenvalue weighted by Crippen LogP contribution is 2.32. The normalized spacial score (nSPS) is 20.2. The Bertz CT molecular complexity index is 597. The lowest BCUT2D eigenvalue weighted by atomic mass is 9.85. The highest BCUT2D eigenvalue weighted by atomic mass is 19.1. The van der Waals surface area contributed by atoms with Crippen LogP contribution < -0.4 is 5.32 Å². The third kappa shape index (κ3) is 3.12. The molecule has 1 unspecified atom stereocenters. The highest BCUT2D eigenvalue weighted by molar-refractivity contribution is 5.35. The van der Waals surface area contributed by atoms with Gasteiger partial charge in [-0.05, 0) is 17.2 Å². The quantitative estimate of drug-likeness (QED) is 0.937. The molecule has 1 aliphatic rings. The van der Waals surface area contributed by atoms with Crippen LogP contribution in [0, 0.1) is 11.6 Å². The first-order chi connectivity index (χ1) is 10.3. The molecule has 2 aromatic carbocycles. The summed E-state index contributed by atoms with van der Waals surface area (Å²) in [5.41, 5.74) is 1.44. The van der Waals surface area contributed by atoms with Gasteiger partial charge in [-0.2, -0.15) is 0 Å². The van der Waals surface area contributed by atoms with Crippen molar-refractivity contribution in [1.82, 2.24) is 5.32 Å². The summed E-state index contributed by atoms with van der Waals surface area (Å²) < 4.78 is 33.2. The summed E-state index contributed by atoms with van der Waals surface area (Å²) in [6, 6.07) is 13.4. The van der Waals surface area contributed by atoms with E-state index in [-0.39, 0.29) is 12.0 Å². The number of halogens is 2. The molecule has 0 saturated carbocycles. The minimum Gasteiger partial charge on any atom is -0.375 e. The lowest BCUT2D eigenvalue weighted by molar-refractivity contribution is 0.0181. The monoisotopic (exact) mass is 289 g/mol. The summed E-state index contributed by atoms with van der Waals surface area (Å²) in [5.74, 6) is -1.34. The van der Waals surface area contributed by atoms with E-state index in [1.54, 1.807) is 0 Å². The van der Waals surface area contributed by atoms with Gasteiger partial charge >= 0.3 is 0 Å². The number of hydrogen-bond donors (Lipinski definition) is 1. The van der Waals surface area contributed by atoms with Gasteiger partial charge in [-0.3, -0.25) is 0 Å². The molecule has 0 aliphatic carbocycles. The summed E-state index contributed by atoms with van der Waals surface area (Å²) in [6.45, 7) is 2.04. The molecule has 0 spiro atoms. The van der Waals surface area contributed by atoms with E-state index in [9.17, 15) is 8.78 Å². The lowest BCUT2D eigenvalue weighted by Gasteiger charge is -2.32. The van der Waals surface area contributed by atoms with E-state index in [2.05, 4.69) is 5.32 Å². The molecule has 0 radical (unpaired) electrons. The maximum absolute atomic E-state index is 14.2. The van der Waals surface area contributed by atoms with E-state index in [4.69, 9.17) is 4.74 Å². The zero-order valence-corrected chi connectivity index (χ0v) is 11.6. The van der Waals surface area contributed by atoms with Crippen molar-refractivity contribution in [3.05, 3.63) is 71.3 Å². The standard InChI is InChI=1S/C17H17F2NO/c18-13-6-7-14(15(19)10-13)17(12-4-2-1-3-5-12)16-11-20-8-9-21-16/h1-7,10,16-17,20H,8-9,11H2/t16-,17?/m0/s1. The smallest absolute Gasteiger partial charge is 0.130 e. The second-order valence-corrected chi connectivity index (χ2v) is 5.17. The fourth-order valence-electron chi connectivity index (χ4n) is 2.81. The van der Waals surface area contributed by atoms with Crippen molar-refractivity contribution in [1.29, 1.82) is 0 Å². The zero-order chi connectivity index (χ0) is 14.7. The molecule has 0 aromatic heterocycles. The lowest BCUT2D eigenvalue weighted by Crippen LogP contribution is -2.42. The molecule has 1 N–H and O–H groups in total. The van der Waals surface area contributed by atoms with Gasteiger partial charge in [0.05, 0.1) is 12.7 Å². The molecule has 2 atom stereocenters. The number of ether oxygens (including phenoxy) is 1. The summed E-state index contributed by atoms with van der Waals surface area (Å²) in [6.07, 6.45) is -0.166. The van der Waals surface area contributed by atoms with Crippen LogP contribution in [0.3, 0.4) is 0 Å². The first-order valence-electron chi connectivity index (χ1n) is 7.08. The number of benzene rings is 2. The molecular formula is C17H17F2NO. The summed E-state index contributed by atoms with van der Waals surface area (Å²) >= 11 is 0. The Morgan fingerprint density at radius 2 is 1.90 bits per heavy atom. The maximum atomic E-state index is 14.2. The molecule has 1 heterocycles. The predicted octanol–water partition coefficient (Wildman–Crippen LogP) is 3.09. The number of nitrogens with one attached hydrogen (secondary N) is 1. The first-order valence-corrected chi connectivity index (χ1v) is 7.08. The van der Waals surface area contributed by atoms with Gasteiger partial charge in [0.2, 0.25) is 0 Å². The molecule has 1 saturated heterocycles. The Morgan fingerprint density at radius 1 is 1.10 bits per heavy atom. The van der Waals surface area contributed by atoms with Crippen LogP contribution in [0.4, 0.5) is 8.78 Å². The molecule has 110 valence electrons. The molecule has 0 bridgehead atoms. The number of morpholine rings is 1. The first kappa shape index (κ1) is 14.2. The van der Waals surface area contributed by atoms with Crippen LogP contribution in [0.25, 0.3) is 0 Å². The third-order valence-electron chi connectivity index (χ3n) is 3.78. The second kappa shape index (κ2) is 6.33. The van der Waals surface area contributed by atoms with Gasteiger partial charge in [0.15, 0.2) is 0 Å². The minimum atomic E-state index is -0.564. The molecule has 21 heavy (non-hydrogen) atoms. The topological polar surface area (TPSA) is 21.3 Å². The van der Waals surface area contributed by atoms with Gasteiger partial charge < -0.3 is 10.1 Å². The Morgan fingerprint density at radius 3 is 2.57 bits per heavy atom. The maximum Gasteiger partial charge on any atom is 0.130 e. The van der Waals surface area contributed by atoms with Gasteiger partial charge in [-0.1, -0.05) is 36.4 Å². The van der Waals surface area contributed by atoms with Crippen molar-refractivity contribution in [3.63, 3.8) is 0 Å². The van der Waals surface area contributed by atoms with Crippen molar-refractivity contribution in [3.8, 4) is 0 Å². The van der Waals surface area contributed by atoms with Gasteiger partial charge in [0.25, 0.3) is 0 Å². The van der Waals surface area contributed by atoms with Crippen LogP contribution in [0.5, 0.6) is 0 Å². The van der Waals surface area contributed by atoms with Crippen LogP contribution in [-0.2, 0) is 4.74 Å². The average molecular weight is 289 g/mol. The molecule has 2 aromatic rings. The summed E-state index contributed by atoms with van der Waals surface area (Å²) in [4.78, 5) is 0. The fraction of sp³-hybridized carbons (Fsp3) is 0.294. The molecular weight excluding hydrogens is 272 g/mol. The van der Waals surface area contributed by atoms with Crippen molar-refractivity contribution >= 4 is 0 Å². The van der Waals surface area contributed by atoms with Crippen molar-refractivity contribution in [2.75, 3.05) is 19.7 Å². The number of hydrogen-bond acceptors (Lipinski definition) is 2. The largest absolute Gasteiger partial charge is 0.375 e. The van der Waals surface area contributed by atoms with Crippen molar-refractivity contribution in [2.24, 2.45) is 0 Å². The predicted molar refractivity (Wildman–Crippen MR) is 77.3 cm³/mol. The fourth-order valence-corrected chi connectivity index (χ4v) is 2.81. The van der Waals surface area contributed by atoms with Crippen molar-refractivity contribution in [2.45, 2.75) is 12.0 Å². The second-order valence-electron chi connectivity index (χ2n) is 5.17. The Hall–Kier alpha value is -1.78. The van der Waals surface area contributed by atoms with Crippen LogP contribution in [-0.4, -0.2) is 25.8 Å². The third-order valence-corrected chi connectivity index (χ3v) is 3.78. The molecule has 0 amide bonds. The number of rotatable bonds is 3. The van der Waals surface area contributed by atoms with Crippen LogP contribution in [0.2, 0.25) is 0 Å². The van der Waals surface area contributed by atoms with Crippen molar-refractivity contribution < 1.29 is 13.5 Å². The molecule has 2 nitrogen and oxygen atoms in total. The van der Waals surface area contributed by atoms with Crippen LogP contribution in [0.1, 0.15) is 17.0 Å². The van der Waals surface area contributed by atoms with E-state index in [0.29, 0.717) is 18.7 Å². The highest BCUT2D eigenvalue weighted by Gasteiger charge is 2.29. The Labute approximate surface area is 122 Å². The average Bonchev–Trinajstić information content (AvgIpc) is 2.52. The van der Waals surface area contributed by atoms with Gasteiger partial charge in [-0.15, -0.1) is 0 Å². The summed E-state index contributed by atoms with van der Waals surface area (Å²) in [5, 5.41) is 3.26. The molecule has 4 heteroatoms. The van der Waals surface area contributed by atoms with Gasteiger partial charge in [-0.25, -0.2) is 8.78 Å². The molecule has 3 rings (SSSR count). The van der Waals surface area contributed by atoms with Gasteiger partial charge in [0, 0.05) is 25.1 Å². The Balaban J connectivity index is 2.02. The van der Waals surface area contributed by atoms with E-state index < -0.39 is 11.6 Å². The van der Waals surface area contributed by atoms with Crippen LogP contribution >= 0.6 is 0 Å².